The van der Waals surface area contributed by atoms with Gasteiger partial charge in [0.2, 0.25) is 0 Å². The Morgan fingerprint density at radius 3 is 2.29 bits per heavy atom. The Morgan fingerprint density at radius 1 is 1.14 bits per heavy atom. The molecule has 0 aromatic heterocycles. The monoisotopic (exact) mass is 298 g/mol. The van der Waals surface area contributed by atoms with E-state index in [0.717, 1.165) is 38.9 Å². The zero-order valence-electron chi connectivity index (χ0n) is 14.4. The van der Waals surface area contributed by atoms with E-state index in [4.69, 9.17) is 4.74 Å². The lowest BCUT2D eigenvalue weighted by molar-refractivity contribution is 0.0147. The van der Waals surface area contributed by atoms with E-state index in [0.29, 0.717) is 6.04 Å². The van der Waals surface area contributed by atoms with Gasteiger partial charge in [-0.2, -0.15) is 0 Å². The Hall–Kier alpha value is -0.770. The highest BCUT2D eigenvalue weighted by Gasteiger charge is 2.28. The summed E-state index contributed by atoms with van der Waals surface area (Å²) in [7, 11) is 0. The Kier molecular flexibility index (Phi) is 8.09. The quantitative estimate of drug-likeness (QED) is 0.596. The van der Waals surface area contributed by atoms with E-state index in [-0.39, 0.29) is 6.09 Å². The second-order valence-electron chi connectivity index (χ2n) is 7.07. The topological polar surface area (TPSA) is 41.6 Å². The van der Waals surface area contributed by atoms with Crippen LogP contribution in [0.15, 0.2) is 0 Å². The van der Waals surface area contributed by atoms with Crippen LogP contribution < -0.4 is 5.32 Å². The Labute approximate surface area is 130 Å². The van der Waals surface area contributed by atoms with E-state index in [1.54, 1.807) is 0 Å². The minimum absolute atomic E-state index is 0.146. The lowest BCUT2D eigenvalue weighted by Gasteiger charge is -2.33. The summed E-state index contributed by atoms with van der Waals surface area (Å²) in [4.78, 5) is 14.5. The zero-order valence-corrected chi connectivity index (χ0v) is 14.4. The third-order valence-corrected chi connectivity index (χ3v) is 3.85. The van der Waals surface area contributed by atoms with Crippen molar-refractivity contribution < 1.29 is 9.53 Å². The number of hydrogen-bond donors (Lipinski definition) is 1. The second-order valence-corrected chi connectivity index (χ2v) is 7.07. The van der Waals surface area contributed by atoms with E-state index in [1.165, 1.54) is 25.7 Å². The van der Waals surface area contributed by atoms with Gasteiger partial charge in [0.1, 0.15) is 5.60 Å². The summed E-state index contributed by atoms with van der Waals surface area (Å²) in [5.74, 6) is 0. The molecule has 1 aliphatic rings. The number of carbonyl (C=O) groups is 1. The summed E-state index contributed by atoms with van der Waals surface area (Å²) in [6, 6.07) is 0.353. The summed E-state index contributed by atoms with van der Waals surface area (Å²) in [5.41, 5.74) is -0.420. The van der Waals surface area contributed by atoms with Crippen molar-refractivity contribution in [1.29, 1.82) is 0 Å². The van der Waals surface area contributed by atoms with Crippen LogP contribution in [0, 0.1) is 0 Å². The van der Waals surface area contributed by atoms with E-state index in [2.05, 4.69) is 12.2 Å². The number of amides is 1. The van der Waals surface area contributed by atoms with Crippen LogP contribution in [0.2, 0.25) is 0 Å². The number of ether oxygens (including phenoxy) is 1. The summed E-state index contributed by atoms with van der Waals surface area (Å²) in [6.07, 6.45) is 8.27. The molecule has 0 aliphatic heterocycles. The Morgan fingerprint density at radius 2 is 1.76 bits per heavy atom. The first-order valence-electron chi connectivity index (χ1n) is 8.64. The van der Waals surface area contributed by atoms with E-state index in [9.17, 15) is 4.79 Å². The van der Waals surface area contributed by atoms with Crippen molar-refractivity contribution in [2.24, 2.45) is 0 Å². The maximum absolute atomic E-state index is 12.5. The van der Waals surface area contributed by atoms with Gasteiger partial charge in [-0.15, -0.1) is 0 Å². The standard InChI is InChI=1S/C17H34N2O2/c1-5-12-18-13-14-19(16(20)21-17(2,3)4)15-10-8-6-7-9-11-15/h15,18H,5-14H2,1-4H3. The molecule has 0 heterocycles. The molecule has 1 amide bonds. The molecule has 1 rings (SSSR count). The smallest absolute Gasteiger partial charge is 0.410 e. The summed E-state index contributed by atoms with van der Waals surface area (Å²) >= 11 is 0. The third-order valence-electron chi connectivity index (χ3n) is 3.85. The molecule has 1 fully saturated rings. The van der Waals surface area contributed by atoms with Gasteiger partial charge in [-0.25, -0.2) is 4.79 Å². The van der Waals surface area contributed by atoms with Crippen molar-refractivity contribution in [3.05, 3.63) is 0 Å². The molecule has 1 aliphatic carbocycles. The molecule has 0 atom stereocenters. The lowest BCUT2D eigenvalue weighted by atomic mass is 10.1. The average molecular weight is 298 g/mol. The first-order chi connectivity index (χ1) is 9.94. The van der Waals surface area contributed by atoms with E-state index < -0.39 is 5.60 Å². The summed E-state index contributed by atoms with van der Waals surface area (Å²) < 4.78 is 5.61. The average Bonchev–Trinajstić information content (AvgIpc) is 2.65. The molecule has 1 saturated carbocycles. The van der Waals surface area contributed by atoms with Crippen LogP contribution in [0.1, 0.15) is 72.6 Å². The molecule has 0 aromatic rings. The number of nitrogens with one attached hydrogen (secondary N) is 1. The van der Waals surface area contributed by atoms with Crippen molar-refractivity contribution in [1.82, 2.24) is 10.2 Å². The second kappa shape index (κ2) is 9.29. The predicted molar refractivity (Wildman–Crippen MR) is 87.6 cm³/mol. The van der Waals surface area contributed by atoms with Crippen molar-refractivity contribution in [3.8, 4) is 0 Å². The van der Waals surface area contributed by atoms with Crippen LogP contribution in [-0.4, -0.2) is 42.3 Å². The highest BCUT2D eigenvalue weighted by molar-refractivity contribution is 5.68. The van der Waals surface area contributed by atoms with Crippen molar-refractivity contribution >= 4 is 6.09 Å². The maximum Gasteiger partial charge on any atom is 0.410 e. The molecule has 0 bridgehead atoms. The first kappa shape index (κ1) is 18.3. The normalized spacial score (nSPS) is 17.3. The van der Waals surface area contributed by atoms with Crippen LogP contribution in [0.3, 0.4) is 0 Å². The molecule has 21 heavy (non-hydrogen) atoms. The number of rotatable bonds is 6. The summed E-state index contributed by atoms with van der Waals surface area (Å²) in [5, 5.41) is 3.39. The lowest BCUT2D eigenvalue weighted by Crippen LogP contribution is -2.46. The van der Waals surface area contributed by atoms with Gasteiger partial charge in [-0.05, 0) is 46.6 Å². The van der Waals surface area contributed by atoms with Crippen molar-refractivity contribution in [3.63, 3.8) is 0 Å². The molecule has 4 nitrogen and oxygen atoms in total. The Bertz CT molecular complexity index is 292. The highest BCUT2D eigenvalue weighted by Crippen LogP contribution is 2.23. The van der Waals surface area contributed by atoms with Crippen LogP contribution in [0.4, 0.5) is 4.79 Å². The van der Waals surface area contributed by atoms with Gasteiger partial charge in [-0.3, -0.25) is 0 Å². The highest BCUT2D eigenvalue weighted by atomic mass is 16.6. The molecule has 0 radical (unpaired) electrons. The van der Waals surface area contributed by atoms with E-state index >= 15 is 0 Å². The van der Waals surface area contributed by atoms with Gasteiger partial charge in [0.05, 0.1) is 0 Å². The molecule has 0 spiro atoms. The van der Waals surface area contributed by atoms with Crippen LogP contribution in [0.25, 0.3) is 0 Å². The van der Waals surface area contributed by atoms with Crippen LogP contribution in [0.5, 0.6) is 0 Å². The van der Waals surface area contributed by atoms with Gasteiger partial charge in [0, 0.05) is 19.1 Å². The fourth-order valence-corrected chi connectivity index (χ4v) is 2.81. The number of hydrogen-bond acceptors (Lipinski definition) is 3. The van der Waals surface area contributed by atoms with Crippen LogP contribution >= 0.6 is 0 Å². The fraction of sp³-hybridized carbons (Fsp3) is 0.941. The minimum atomic E-state index is -0.420. The molecular weight excluding hydrogens is 264 g/mol. The van der Waals surface area contributed by atoms with Gasteiger partial charge in [0.25, 0.3) is 0 Å². The number of carbonyl (C=O) groups excluding carboxylic acids is 1. The van der Waals surface area contributed by atoms with Gasteiger partial charge in [0.15, 0.2) is 0 Å². The molecular formula is C17H34N2O2. The fourth-order valence-electron chi connectivity index (χ4n) is 2.81. The first-order valence-corrected chi connectivity index (χ1v) is 8.64. The van der Waals surface area contributed by atoms with Gasteiger partial charge in [-0.1, -0.05) is 32.6 Å². The minimum Gasteiger partial charge on any atom is -0.444 e. The predicted octanol–water partition coefficient (Wildman–Crippen LogP) is 3.95. The van der Waals surface area contributed by atoms with Crippen LogP contribution in [-0.2, 0) is 4.74 Å². The largest absolute Gasteiger partial charge is 0.444 e. The van der Waals surface area contributed by atoms with Crippen molar-refractivity contribution in [2.75, 3.05) is 19.6 Å². The van der Waals surface area contributed by atoms with E-state index in [1.807, 2.05) is 25.7 Å². The summed E-state index contributed by atoms with van der Waals surface area (Å²) in [6.45, 7) is 10.6. The molecule has 1 N–H and O–H groups in total. The number of nitrogens with zero attached hydrogens (tertiary/aromatic N) is 1. The molecule has 4 heteroatoms. The van der Waals surface area contributed by atoms with Crippen molar-refractivity contribution in [2.45, 2.75) is 84.3 Å². The maximum atomic E-state index is 12.5. The van der Waals surface area contributed by atoms with Gasteiger partial charge < -0.3 is 15.0 Å². The third kappa shape index (κ3) is 7.70. The SMILES string of the molecule is CCCNCCN(C(=O)OC(C)(C)C)C1CCCCCC1. The molecule has 0 aromatic carbocycles. The zero-order chi connectivity index (χ0) is 15.7. The Balaban J connectivity index is 2.61. The van der Waals surface area contributed by atoms with Gasteiger partial charge >= 0.3 is 6.09 Å². The molecule has 124 valence electrons. The molecule has 0 unspecified atom stereocenters. The molecule has 0 saturated heterocycles.